The van der Waals surface area contributed by atoms with Crippen LogP contribution in [0.15, 0.2) is 30.3 Å². The molecule has 1 rings (SSSR count). The van der Waals surface area contributed by atoms with Crippen LogP contribution in [-0.4, -0.2) is 36.1 Å². The highest BCUT2D eigenvalue weighted by molar-refractivity contribution is 6.68. The molecule has 0 radical (unpaired) electrons. The maximum Gasteiger partial charge on any atom is 0.225 e. The first-order chi connectivity index (χ1) is 9.93. The number of nitrogens with one attached hydrogen (secondary N) is 2. The summed E-state index contributed by atoms with van der Waals surface area (Å²) in [5.41, 5.74) is 0.900. The van der Waals surface area contributed by atoms with Crippen molar-refractivity contribution in [2.75, 3.05) is 20.3 Å². The SMILES string of the molecule is COCCCN[C@H](NC(=O)Cc1ccccc1)C(Cl)(Cl)Cl. The standard InChI is InChI=1S/C14H19Cl3N2O2/c1-21-9-5-8-18-13(14(15,16)17)19-12(20)10-11-6-3-2-4-7-11/h2-4,6-7,13,18H,5,8-10H2,1H3,(H,19,20)/t13-/m1/s1. The molecule has 0 unspecified atom stereocenters. The van der Waals surface area contributed by atoms with Gasteiger partial charge in [-0.15, -0.1) is 0 Å². The predicted octanol–water partition coefficient (Wildman–Crippen LogP) is 2.67. The summed E-state index contributed by atoms with van der Waals surface area (Å²) >= 11 is 17.6. The number of rotatable bonds is 8. The van der Waals surface area contributed by atoms with Crippen molar-refractivity contribution in [2.24, 2.45) is 0 Å². The number of amides is 1. The van der Waals surface area contributed by atoms with Gasteiger partial charge < -0.3 is 10.1 Å². The molecule has 0 saturated carbocycles. The van der Waals surface area contributed by atoms with Gasteiger partial charge in [-0.1, -0.05) is 65.1 Å². The molecule has 0 aliphatic carbocycles. The zero-order valence-corrected chi connectivity index (χ0v) is 14.0. The van der Waals surface area contributed by atoms with Crippen LogP contribution in [0.4, 0.5) is 0 Å². The van der Waals surface area contributed by atoms with E-state index in [1.165, 1.54) is 0 Å². The Labute approximate surface area is 140 Å². The van der Waals surface area contributed by atoms with Crippen LogP contribution in [0.5, 0.6) is 0 Å². The number of ether oxygens (including phenoxy) is 1. The number of hydrogen-bond acceptors (Lipinski definition) is 3. The molecule has 1 aromatic rings. The first kappa shape index (κ1) is 18.5. The molecular weight excluding hydrogens is 335 g/mol. The van der Waals surface area contributed by atoms with Gasteiger partial charge in [-0.25, -0.2) is 0 Å². The van der Waals surface area contributed by atoms with Crippen LogP contribution in [0.25, 0.3) is 0 Å². The fraction of sp³-hybridized carbons (Fsp3) is 0.500. The molecule has 118 valence electrons. The molecule has 0 bridgehead atoms. The van der Waals surface area contributed by atoms with Crippen molar-refractivity contribution in [1.82, 2.24) is 10.6 Å². The van der Waals surface area contributed by atoms with Crippen LogP contribution in [0.2, 0.25) is 0 Å². The van der Waals surface area contributed by atoms with E-state index in [1.54, 1.807) is 7.11 Å². The third kappa shape index (κ3) is 7.88. The number of alkyl halides is 3. The molecule has 4 nitrogen and oxygen atoms in total. The van der Waals surface area contributed by atoms with E-state index in [1.807, 2.05) is 30.3 Å². The molecule has 0 aromatic heterocycles. The van der Waals surface area contributed by atoms with Gasteiger partial charge in [0.05, 0.1) is 6.42 Å². The lowest BCUT2D eigenvalue weighted by Crippen LogP contribution is -2.54. The van der Waals surface area contributed by atoms with Gasteiger partial charge in [0.25, 0.3) is 0 Å². The summed E-state index contributed by atoms with van der Waals surface area (Å²) in [7, 11) is 1.62. The lowest BCUT2D eigenvalue weighted by atomic mass is 10.1. The second-order valence-corrected chi connectivity index (χ2v) is 6.87. The Morgan fingerprint density at radius 1 is 1.29 bits per heavy atom. The second-order valence-electron chi connectivity index (χ2n) is 4.50. The van der Waals surface area contributed by atoms with E-state index in [4.69, 9.17) is 39.5 Å². The fourth-order valence-corrected chi connectivity index (χ4v) is 2.10. The molecule has 0 fully saturated rings. The smallest absolute Gasteiger partial charge is 0.225 e. The summed E-state index contributed by atoms with van der Waals surface area (Å²) in [4.78, 5) is 12.0. The molecule has 0 spiro atoms. The minimum absolute atomic E-state index is 0.211. The first-order valence-electron chi connectivity index (χ1n) is 6.56. The number of hydrogen-bond donors (Lipinski definition) is 2. The van der Waals surface area contributed by atoms with Crippen LogP contribution < -0.4 is 10.6 Å². The molecule has 2 N–H and O–H groups in total. The summed E-state index contributed by atoms with van der Waals surface area (Å²) in [6.45, 7) is 1.16. The Balaban J connectivity index is 2.49. The summed E-state index contributed by atoms with van der Waals surface area (Å²) in [5.74, 6) is -0.211. The summed E-state index contributed by atoms with van der Waals surface area (Å²) in [6, 6.07) is 9.38. The van der Waals surface area contributed by atoms with E-state index in [0.29, 0.717) is 13.2 Å². The van der Waals surface area contributed by atoms with Crippen LogP contribution >= 0.6 is 34.8 Å². The quantitative estimate of drug-likeness (QED) is 0.429. The lowest BCUT2D eigenvalue weighted by Gasteiger charge is -2.26. The number of benzene rings is 1. The monoisotopic (exact) mass is 352 g/mol. The number of methoxy groups -OCH3 is 1. The van der Waals surface area contributed by atoms with Crippen molar-refractivity contribution in [3.8, 4) is 0 Å². The molecule has 1 amide bonds. The van der Waals surface area contributed by atoms with E-state index in [2.05, 4.69) is 10.6 Å². The zero-order valence-electron chi connectivity index (χ0n) is 11.7. The molecule has 1 aromatic carbocycles. The molecule has 0 heterocycles. The van der Waals surface area contributed by atoms with E-state index in [-0.39, 0.29) is 12.3 Å². The summed E-state index contributed by atoms with van der Waals surface area (Å²) in [5, 5.41) is 5.70. The molecule has 0 saturated heterocycles. The highest BCUT2D eigenvalue weighted by atomic mass is 35.6. The van der Waals surface area contributed by atoms with Gasteiger partial charge >= 0.3 is 0 Å². The highest BCUT2D eigenvalue weighted by Crippen LogP contribution is 2.29. The lowest BCUT2D eigenvalue weighted by molar-refractivity contribution is -0.121. The van der Waals surface area contributed by atoms with Crippen molar-refractivity contribution in [3.63, 3.8) is 0 Å². The molecule has 21 heavy (non-hydrogen) atoms. The van der Waals surface area contributed by atoms with Gasteiger partial charge in [0.1, 0.15) is 6.17 Å². The largest absolute Gasteiger partial charge is 0.385 e. The molecule has 0 aliphatic rings. The van der Waals surface area contributed by atoms with Gasteiger partial charge in [0, 0.05) is 13.7 Å². The van der Waals surface area contributed by atoms with E-state index in [0.717, 1.165) is 12.0 Å². The third-order valence-electron chi connectivity index (χ3n) is 2.71. The van der Waals surface area contributed by atoms with Crippen molar-refractivity contribution in [3.05, 3.63) is 35.9 Å². The minimum Gasteiger partial charge on any atom is -0.385 e. The van der Waals surface area contributed by atoms with Gasteiger partial charge in [-0.3, -0.25) is 10.1 Å². The Morgan fingerprint density at radius 2 is 1.95 bits per heavy atom. The van der Waals surface area contributed by atoms with Crippen molar-refractivity contribution < 1.29 is 9.53 Å². The topological polar surface area (TPSA) is 50.4 Å². The van der Waals surface area contributed by atoms with E-state index < -0.39 is 9.96 Å². The van der Waals surface area contributed by atoms with Gasteiger partial charge in [-0.2, -0.15) is 0 Å². The Hall–Kier alpha value is -0.520. The molecule has 0 aliphatic heterocycles. The van der Waals surface area contributed by atoms with Crippen molar-refractivity contribution in [1.29, 1.82) is 0 Å². The Morgan fingerprint density at radius 3 is 2.52 bits per heavy atom. The summed E-state index contributed by atoms with van der Waals surface area (Å²) in [6.07, 6.45) is 0.232. The Bertz CT molecular complexity index is 424. The second kappa shape index (κ2) is 9.49. The third-order valence-corrected chi connectivity index (χ3v) is 3.37. The minimum atomic E-state index is -1.63. The summed E-state index contributed by atoms with van der Waals surface area (Å²) < 4.78 is 3.32. The molecule has 7 heteroatoms. The maximum atomic E-state index is 12.0. The van der Waals surface area contributed by atoms with E-state index in [9.17, 15) is 4.79 Å². The normalized spacial score (nSPS) is 13.0. The van der Waals surface area contributed by atoms with Crippen LogP contribution in [0, 0.1) is 0 Å². The first-order valence-corrected chi connectivity index (χ1v) is 7.69. The predicted molar refractivity (Wildman–Crippen MR) is 86.9 cm³/mol. The average molecular weight is 354 g/mol. The van der Waals surface area contributed by atoms with Crippen LogP contribution in [-0.2, 0) is 16.0 Å². The number of carbonyl (C=O) groups excluding carboxylic acids is 1. The van der Waals surface area contributed by atoms with Crippen molar-refractivity contribution >= 4 is 40.7 Å². The average Bonchev–Trinajstić information content (AvgIpc) is 2.42. The van der Waals surface area contributed by atoms with Crippen LogP contribution in [0.1, 0.15) is 12.0 Å². The van der Waals surface area contributed by atoms with Gasteiger partial charge in [0.15, 0.2) is 0 Å². The number of carbonyl (C=O) groups is 1. The Kier molecular flexibility index (Phi) is 8.37. The van der Waals surface area contributed by atoms with Crippen molar-refractivity contribution in [2.45, 2.75) is 22.8 Å². The molecular formula is C14H19Cl3N2O2. The van der Waals surface area contributed by atoms with Crippen LogP contribution in [0.3, 0.4) is 0 Å². The van der Waals surface area contributed by atoms with Gasteiger partial charge in [-0.05, 0) is 18.5 Å². The van der Waals surface area contributed by atoms with Gasteiger partial charge in [0.2, 0.25) is 9.70 Å². The zero-order chi connectivity index (χ0) is 15.7. The maximum absolute atomic E-state index is 12.0. The molecule has 1 atom stereocenters. The number of halogens is 3. The van der Waals surface area contributed by atoms with E-state index >= 15 is 0 Å². The highest BCUT2D eigenvalue weighted by Gasteiger charge is 2.33. The fourth-order valence-electron chi connectivity index (χ4n) is 1.70.